The van der Waals surface area contributed by atoms with Crippen LogP contribution in [0.15, 0.2) is 0 Å². The van der Waals surface area contributed by atoms with Crippen LogP contribution in [0.2, 0.25) is 0 Å². The minimum absolute atomic E-state index is 0.0718. The van der Waals surface area contributed by atoms with Crippen LogP contribution in [0.25, 0.3) is 0 Å². The maximum atomic E-state index is 11.0. The van der Waals surface area contributed by atoms with Crippen molar-refractivity contribution in [2.45, 2.75) is 39.7 Å². The number of methoxy groups -OCH3 is 1. The molecule has 0 rings (SSSR count). The quantitative estimate of drug-likeness (QED) is 0.664. The van der Waals surface area contributed by atoms with Crippen LogP contribution in [-0.4, -0.2) is 19.1 Å². The normalized spacial score (nSPS) is 15.5. The second-order valence-corrected chi connectivity index (χ2v) is 3.76. The monoisotopic (exact) mass is 187 g/mol. The smallest absolute Gasteiger partial charge is 0.307 e. The molecule has 0 heterocycles. The van der Waals surface area contributed by atoms with Crippen molar-refractivity contribution in [2.75, 3.05) is 7.11 Å². The molecule has 0 aliphatic heterocycles. The summed E-state index contributed by atoms with van der Waals surface area (Å²) in [5.41, 5.74) is 5.91. The van der Waals surface area contributed by atoms with Crippen LogP contribution in [0, 0.1) is 11.8 Å². The topological polar surface area (TPSA) is 52.3 Å². The van der Waals surface area contributed by atoms with Crippen molar-refractivity contribution in [2.24, 2.45) is 17.6 Å². The molecule has 78 valence electrons. The van der Waals surface area contributed by atoms with Crippen LogP contribution in [0.3, 0.4) is 0 Å². The highest BCUT2D eigenvalue weighted by Gasteiger charge is 2.21. The summed E-state index contributed by atoms with van der Waals surface area (Å²) >= 11 is 0. The highest BCUT2D eigenvalue weighted by Crippen LogP contribution is 2.19. The maximum Gasteiger partial charge on any atom is 0.307 e. The lowest BCUT2D eigenvalue weighted by molar-refractivity contribution is -0.141. The molecule has 0 aromatic heterocycles. The van der Waals surface area contributed by atoms with E-state index < -0.39 is 0 Å². The number of ether oxygens (including phenoxy) is 1. The fourth-order valence-corrected chi connectivity index (χ4v) is 1.70. The third kappa shape index (κ3) is 4.27. The van der Waals surface area contributed by atoms with E-state index >= 15 is 0 Å². The Morgan fingerprint density at radius 1 is 1.46 bits per heavy atom. The number of carbonyl (C=O) groups is 1. The maximum absolute atomic E-state index is 11.0. The zero-order chi connectivity index (χ0) is 10.4. The predicted octanol–water partition coefficient (Wildman–Crippen LogP) is 1.56. The van der Waals surface area contributed by atoms with Crippen molar-refractivity contribution in [3.8, 4) is 0 Å². The van der Waals surface area contributed by atoms with Crippen molar-refractivity contribution in [1.29, 1.82) is 0 Å². The molecule has 0 radical (unpaired) electrons. The van der Waals surface area contributed by atoms with Gasteiger partial charge >= 0.3 is 5.97 Å². The van der Waals surface area contributed by atoms with Gasteiger partial charge in [-0.3, -0.25) is 4.79 Å². The Bertz CT molecular complexity index is 157. The minimum atomic E-state index is -0.216. The van der Waals surface area contributed by atoms with Crippen LogP contribution in [0.4, 0.5) is 0 Å². The van der Waals surface area contributed by atoms with Crippen molar-refractivity contribution in [1.82, 2.24) is 0 Å². The first-order valence-corrected chi connectivity index (χ1v) is 4.85. The second-order valence-electron chi connectivity index (χ2n) is 3.76. The van der Waals surface area contributed by atoms with E-state index in [2.05, 4.69) is 25.5 Å². The van der Waals surface area contributed by atoms with Gasteiger partial charge in [0.2, 0.25) is 0 Å². The van der Waals surface area contributed by atoms with Gasteiger partial charge in [0.1, 0.15) is 0 Å². The SMILES string of the molecule is CCC(C(C)C)C(N)CC(=O)OC. The molecule has 0 aromatic rings. The van der Waals surface area contributed by atoms with E-state index in [1.54, 1.807) is 0 Å². The third-order valence-electron chi connectivity index (χ3n) is 2.51. The van der Waals surface area contributed by atoms with E-state index in [0.717, 1.165) is 6.42 Å². The van der Waals surface area contributed by atoms with E-state index in [0.29, 0.717) is 18.3 Å². The van der Waals surface area contributed by atoms with Crippen LogP contribution >= 0.6 is 0 Å². The summed E-state index contributed by atoms with van der Waals surface area (Å²) in [6.45, 7) is 6.36. The average molecular weight is 187 g/mol. The Balaban J connectivity index is 4.05. The van der Waals surface area contributed by atoms with Crippen LogP contribution in [0.5, 0.6) is 0 Å². The molecule has 0 aliphatic rings. The predicted molar refractivity (Wildman–Crippen MR) is 53.2 cm³/mol. The third-order valence-corrected chi connectivity index (χ3v) is 2.51. The molecule has 0 amide bonds. The zero-order valence-corrected chi connectivity index (χ0v) is 9.04. The zero-order valence-electron chi connectivity index (χ0n) is 9.04. The van der Waals surface area contributed by atoms with Gasteiger partial charge in [0.05, 0.1) is 13.5 Å². The van der Waals surface area contributed by atoms with Crippen molar-refractivity contribution in [3.63, 3.8) is 0 Å². The fourth-order valence-electron chi connectivity index (χ4n) is 1.70. The molecule has 3 heteroatoms. The summed E-state index contributed by atoms with van der Waals surface area (Å²) in [6.07, 6.45) is 1.34. The molecule has 0 bridgehead atoms. The summed E-state index contributed by atoms with van der Waals surface area (Å²) in [4.78, 5) is 11.0. The number of carbonyl (C=O) groups excluding carboxylic acids is 1. The van der Waals surface area contributed by atoms with Gasteiger partial charge < -0.3 is 10.5 Å². The van der Waals surface area contributed by atoms with Gasteiger partial charge in [0, 0.05) is 6.04 Å². The van der Waals surface area contributed by atoms with Crippen LogP contribution < -0.4 is 5.73 Å². The van der Waals surface area contributed by atoms with Gasteiger partial charge in [0.15, 0.2) is 0 Å². The number of nitrogens with two attached hydrogens (primary N) is 1. The van der Waals surface area contributed by atoms with Crippen molar-refractivity contribution in [3.05, 3.63) is 0 Å². The molecule has 2 atom stereocenters. The molecule has 0 saturated carbocycles. The lowest BCUT2D eigenvalue weighted by Gasteiger charge is -2.25. The van der Waals surface area contributed by atoms with E-state index in [1.165, 1.54) is 7.11 Å². The van der Waals surface area contributed by atoms with E-state index in [-0.39, 0.29) is 12.0 Å². The Morgan fingerprint density at radius 2 is 2.00 bits per heavy atom. The van der Waals surface area contributed by atoms with Gasteiger partial charge in [0.25, 0.3) is 0 Å². The molecule has 2 unspecified atom stereocenters. The lowest BCUT2D eigenvalue weighted by atomic mass is 9.85. The Kier molecular flexibility index (Phi) is 5.71. The summed E-state index contributed by atoms with van der Waals surface area (Å²) in [7, 11) is 1.39. The van der Waals surface area contributed by atoms with Crippen molar-refractivity contribution < 1.29 is 9.53 Å². The Labute approximate surface area is 80.6 Å². The van der Waals surface area contributed by atoms with Gasteiger partial charge in [-0.1, -0.05) is 27.2 Å². The van der Waals surface area contributed by atoms with Gasteiger partial charge in [-0.25, -0.2) is 0 Å². The number of esters is 1. The van der Waals surface area contributed by atoms with E-state index in [4.69, 9.17) is 5.73 Å². The number of hydrogen-bond acceptors (Lipinski definition) is 3. The lowest BCUT2D eigenvalue weighted by Crippen LogP contribution is -2.35. The first-order chi connectivity index (χ1) is 6.02. The van der Waals surface area contributed by atoms with Gasteiger partial charge in [-0.2, -0.15) is 0 Å². The van der Waals surface area contributed by atoms with Crippen LogP contribution in [0.1, 0.15) is 33.6 Å². The standard InChI is InChI=1S/C10H21NO2/c1-5-8(7(2)3)9(11)6-10(12)13-4/h7-9H,5-6,11H2,1-4H3. The number of hydrogen-bond donors (Lipinski definition) is 1. The first kappa shape index (κ1) is 12.4. The molecule has 0 fully saturated rings. The van der Waals surface area contributed by atoms with E-state index in [1.807, 2.05) is 0 Å². The molecule has 0 aliphatic carbocycles. The van der Waals surface area contributed by atoms with Gasteiger partial charge in [-0.15, -0.1) is 0 Å². The summed E-state index contributed by atoms with van der Waals surface area (Å²) in [5, 5.41) is 0. The molecule has 0 saturated heterocycles. The summed E-state index contributed by atoms with van der Waals surface area (Å²) in [6, 6.07) is -0.0718. The second kappa shape index (κ2) is 5.97. The molecular weight excluding hydrogens is 166 g/mol. The van der Waals surface area contributed by atoms with E-state index in [9.17, 15) is 4.79 Å². The molecule has 13 heavy (non-hydrogen) atoms. The molecular formula is C10H21NO2. The molecule has 3 nitrogen and oxygen atoms in total. The molecule has 0 aromatic carbocycles. The Hall–Kier alpha value is -0.570. The fraction of sp³-hybridized carbons (Fsp3) is 0.900. The van der Waals surface area contributed by atoms with Crippen LogP contribution in [-0.2, 0) is 9.53 Å². The first-order valence-electron chi connectivity index (χ1n) is 4.85. The highest BCUT2D eigenvalue weighted by atomic mass is 16.5. The Morgan fingerprint density at radius 3 is 2.31 bits per heavy atom. The minimum Gasteiger partial charge on any atom is -0.469 e. The summed E-state index contributed by atoms with van der Waals surface area (Å²) < 4.78 is 4.58. The number of rotatable bonds is 5. The highest BCUT2D eigenvalue weighted by molar-refractivity contribution is 5.69. The average Bonchev–Trinajstić information content (AvgIpc) is 2.04. The summed E-state index contributed by atoms with van der Waals surface area (Å²) in [5.74, 6) is 0.704. The molecule has 2 N–H and O–H groups in total. The van der Waals surface area contributed by atoms with Crippen molar-refractivity contribution >= 4 is 5.97 Å². The largest absolute Gasteiger partial charge is 0.469 e. The van der Waals surface area contributed by atoms with Gasteiger partial charge in [-0.05, 0) is 11.8 Å². The molecule has 0 spiro atoms.